The molecule has 0 amide bonds. The van der Waals surface area contributed by atoms with Gasteiger partial charge in [-0.3, -0.25) is 4.79 Å². The molecule has 3 N–H and O–H groups in total. The number of anilines is 1. The molecule has 96 valence electrons. The smallest absolute Gasteiger partial charge is 0.271 e. The third-order valence-corrected chi connectivity index (χ3v) is 3.67. The second kappa shape index (κ2) is 4.02. The minimum absolute atomic E-state index is 0.246. The summed E-state index contributed by atoms with van der Waals surface area (Å²) in [5.41, 5.74) is 10.00. The number of H-pyrrole nitrogens is 1. The number of hydrogen-bond donors (Lipinski definition) is 2. The Morgan fingerprint density at radius 2 is 1.95 bits per heavy atom. The molecule has 2 aromatic heterocycles. The Morgan fingerprint density at radius 3 is 2.74 bits per heavy atom. The zero-order valence-corrected chi connectivity index (χ0v) is 10.9. The Labute approximate surface area is 110 Å². The number of aromatic nitrogens is 2. The first-order valence-electron chi connectivity index (χ1n) is 6.13. The number of pyridine rings is 1. The topological polar surface area (TPSA) is 63.8 Å². The molecule has 4 nitrogen and oxygen atoms in total. The normalized spacial score (nSPS) is 11.1. The summed E-state index contributed by atoms with van der Waals surface area (Å²) < 4.78 is 2.12. The average molecular weight is 253 g/mol. The van der Waals surface area contributed by atoms with E-state index in [-0.39, 0.29) is 11.2 Å². The molecular weight excluding hydrogens is 238 g/mol. The predicted octanol–water partition coefficient (Wildman–Crippen LogP) is 2.42. The Balaban J connectivity index is 2.47. The van der Waals surface area contributed by atoms with Gasteiger partial charge in [0.15, 0.2) is 0 Å². The summed E-state index contributed by atoms with van der Waals surface area (Å²) in [6.45, 7) is 2.04. The number of hydrogen-bond acceptors (Lipinski definition) is 2. The number of aromatic amines is 1. The van der Waals surface area contributed by atoms with Gasteiger partial charge >= 0.3 is 0 Å². The largest absolute Gasteiger partial charge is 0.394 e. The Hall–Kier alpha value is -2.49. The summed E-state index contributed by atoms with van der Waals surface area (Å²) in [7, 11) is 2.02. The highest BCUT2D eigenvalue weighted by atomic mass is 16.1. The van der Waals surface area contributed by atoms with Gasteiger partial charge in [0.2, 0.25) is 0 Å². The summed E-state index contributed by atoms with van der Waals surface area (Å²) >= 11 is 0. The van der Waals surface area contributed by atoms with Crippen LogP contribution in [0.25, 0.3) is 22.0 Å². The lowest BCUT2D eigenvalue weighted by Gasteiger charge is -2.05. The van der Waals surface area contributed by atoms with Gasteiger partial charge in [-0.1, -0.05) is 18.2 Å². The fourth-order valence-electron chi connectivity index (χ4n) is 2.57. The average Bonchev–Trinajstić information content (AvgIpc) is 2.67. The summed E-state index contributed by atoms with van der Waals surface area (Å²) in [4.78, 5) is 14.3. The molecule has 0 aliphatic heterocycles. The lowest BCUT2D eigenvalue weighted by molar-refractivity contribution is 0.919. The zero-order chi connectivity index (χ0) is 13.6. The second-order valence-electron chi connectivity index (χ2n) is 4.67. The van der Waals surface area contributed by atoms with Crippen molar-refractivity contribution in [2.45, 2.75) is 6.92 Å². The van der Waals surface area contributed by atoms with E-state index in [4.69, 9.17) is 5.73 Å². The third-order valence-electron chi connectivity index (χ3n) is 3.67. The first-order valence-corrected chi connectivity index (χ1v) is 6.13. The Kier molecular flexibility index (Phi) is 2.45. The number of nitrogens with one attached hydrogen (secondary N) is 1. The molecule has 0 bridgehead atoms. The number of rotatable bonds is 1. The SMILES string of the molecule is Cc1c(-c2cc[nH]c(=O)c2N)c2ccccc2n1C. The third kappa shape index (κ3) is 1.57. The molecule has 3 aromatic rings. The van der Waals surface area contributed by atoms with Crippen molar-refractivity contribution in [3.63, 3.8) is 0 Å². The van der Waals surface area contributed by atoms with Gasteiger partial charge in [0.25, 0.3) is 5.56 Å². The molecule has 1 aromatic carbocycles. The van der Waals surface area contributed by atoms with Crippen molar-refractivity contribution in [3.8, 4) is 11.1 Å². The van der Waals surface area contributed by atoms with Crippen molar-refractivity contribution < 1.29 is 0 Å². The molecule has 2 heterocycles. The number of fused-ring (bicyclic) bond motifs is 1. The van der Waals surface area contributed by atoms with Crippen molar-refractivity contribution in [1.29, 1.82) is 0 Å². The summed E-state index contributed by atoms with van der Waals surface area (Å²) in [6.07, 6.45) is 1.63. The van der Waals surface area contributed by atoms with Crippen LogP contribution in [0.3, 0.4) is 0 Å². The van der Waals surface area contributed by atoms with Crippen molar-refractivity contribution in [2.75, 3.05) is 5.73 Å². The number of nitrogens with zero attached hydrogens (tertiary/aromatic N) is 1. The predicted molar refractivity (Wildman–Crippen MR) is 78.1 cm³/mol. The van der Waals surface area contributed by atoms with Gasteiger partial charge < -0.3 is 15.3 Å². The highest BCUT2D eigenvalue weighted by molar-refractivity contribution is 6.00. The zero-order valence-electron chi connectivity index (χ0n) is 10.9. The van der Waals surface area contributed by atoms with Gasteiger partial charge in [0, 0.05) is 41.0 Å². The molecule has 0 atom stereocenters. The van der Waals surface area contributed by atoms with Crippen LogP contribution in [0.5, 0.6) is 0 Å². The number of nitrogens with two attached hydrogens (primary N) is 1. The van der Waals surface area contributed by atoms with Gasteiger partial charge in [0.05, 0.1) is 0 Å². The fourth-order valence-corrected chi connectivity index (χ4v) is 2.57. The molecule has 0 fully saturated rings. The molecule has 0 spiro atoms. The van der Waals surface area contributed by atoms with Crippen LogP contribution in [0.2, 0.25) is 0 Å². The summed E-state index contributed by atoms with van der Waals surface area (Å²) in [6, 6.07) is 9.97. The second-order valence-corrected chi connectivity index (χ2v) is 4.67. The number of benzene rings is 1. The van der Waals surface area contributed by atoms with E-state index < -0.39 is 0 Å². The number of nitrogen functional groups attached to an aromatic ring is 1. The standard InChI is InChI=1S/C15H15N3O/c1-9-13(11-7-8-17-15(19)14(11)16)10-5-3-4-6-12(10)18(9)2/h3-8H,16H2,1-2H3,(H,17,19). The lowest BCUT2D eigenvalue weighted by atomic mass is 10.0. The van der Waals surface area contributed by atoms with E-state index in [1.54, 1.807) is 6.20 Å². The highest BCUT2D eigenvalue weighted by Gasteiger charge is 2.16. The van der Waals surface area contributed by atoms with E-state index in [0.29, 0.717) is 0 Å². The molecular formula is C15H15N3O. The number of para-hydroxylation sites is 1. The van der Waals surface area contributed by atoms with E-state index in [1.165, 1.54) is 0 Å². The van der Waals surface area contributed by atoms with Crippen LogP contribution in [0.1, 0.15) is 5.69 Å². The molecule has 0 aliphatic carbocycles. The maximum absolute atomic E-state index is 11.7. The maximum atomic E-state index is 11.7. The van der Waals surface area contributed by atoms with Crippen molar-refractivity contribution in [1.82, 2.24) is 9.55 Å². The van der Waals surface area contributed by atoms with E-state index in [2.05, 4.69) is 21.7 Å². The first-order chi connectivity index (χ1) is 9.11. The fraction of sp³-hybridized carbons (Fsp3) is 0.133. The van der Waals surface area contributed by atoms with E-state index in [0.717, 1.165) is 27.7 Å². The molecule has 0 saturated heterocycles. The van der Waals surface area contributed by atoms with Gasteiger partial charge in [-0.25, -0.2) is 0 Å². The molecule has 19 heavy (non-hydrogen) atoms. The van der Waals surface area contributed by atoms with E-state index >= 15 is 0 Å². The van der Waals surface area contributed by atoms with Crippen molar-refractivity contribution in [3.05, 3.63) is 52.6 Å². The molecule has 0 radical (unpaired) electrons. The van der Waals surface area contributed by atoms with Crippen LogP contribution in [0.15, 0.2) is 41.3 Å². The Morgan fingerprint density at radius 1 is 1.21 bits per heavy atom. The van der Waals surface area contributed by atoms with Crippen molar-refractivity contribution >= 4 is 16.6 Å². The summed E-state index contributed by atoms with van der Waals surface area (Å²) in [5.74, 6) is 0. The van der Waals surface area contributed by atoms with Crippen LogP contribution >= 0.6 is 0 Å². The molecule has 0 aliphatic rings. The maximum Gasteiger partial charge on any atom is 0.271 e. The Bertz CT molecular complexity index is 827. The monoisotopic (exact) mass is 253 g/mol. The molecule has 0 saturated carbocycles. The van der Waals surface area contributed by atoms with Crippen LogP contribution < -0.4 is 11.3 Å². The first kappa shape index (κ1) is 11.6. The van der Waals surface area contributed by atoms with Crippen molar-refractivity contribution in [2.24, 2.45) is 7.05 Å². The highest BCUT2D eigenvalue weighted by Crippen LogP contribution is 2.35. The van der Waals surface area contributed by atoms with Gasteiger partial charge in [-0.15, -0.1) is 0 Å². The minimum Gasteiger partial charge on any atom is -0.394 e. The van der Waals surface area contributed by atoms with E-state index in [9.17, 15) is 4.79 Å². The number of aryl methyl sites for hydroxylation is 1. The lowest BCUT2D eigenvalue weighted by Crippen LogP contribution is -2.12. The quantitative estimate of drug-likeness (QED) is 0.699. The van der Waals surface area contributed by atoms with Crippen LogP contribution in [-0.2, 0) is 7.05 Å². The van der Waals surface area contributed by atoms with Crippen LogP contribution in [-0.4, -0.2) is 9.55 Å². The van der Waals surface area contributed by atoms with Gasteiger partial charge in [-0.05, 0) is 19.1 Å². The molecule has 3 rings (SSSR count). The molecule has 4 heteroatoms. The van der Waals surface area contributed by atoms with Gasteiger partial charge in [-0.2, -0.15) is 0 Å². The minimum atomic E-state index is -0.246. The van der Waals surface area contributed by atoms with E-state index in [1.807, 2.05) is 32.2 Å². The van der Waals surface area contributed by atoms with Gasteiger partial charge in [0.1, 0.15) is 5.69 Å². The summed E-state index contributed by atoms with van der Waals surface area (Å²) in [5, 5.41) is 1.11. The van der Waals surface area contributed by atoms with Crippen LogP contribution in [0.4, 0.5) is 5.69 Å². The van der Waals surface area contributed by atoms with Crippen LogP contribution in [0, 0.1) is 6.92 Å². The molecule has 0 unspecified atom stereocenters.